The van der Waals surface area contributed by atoms with Gasteiger partial charge in [0.05, 0.1) is 12.6 Å². The third-order valence-corrected chi connectivity index (χ3v) is 4.29. The number of carbonyl (C=O) groups excluding carboxylic acids is 1. The summed E-state index contributed by atoms with van der Waals surface area (Å²) in [5.41, 5.74) is 2.59. The van der Waals surface area contributed by atoms with Crippen molar-refractivity contribution in [1.82, 2.24) is 9.88 Å². The largest absolute Gasteiger partial charge is 0.497 e. The zero-order chi connectivity index (χ0) is 16.8. The van der Waals surface area contributed by atoms with Crippen LogP contribution in [0.1, 0.15) is 10.5 Å². The minimum atomic E-state index is -0.911. The molecule has 0 atom stereocenters. The lowest BCUT2D eigenvalue weighted by molar-refractivity contribution is 0.0929. The number of hydrogen-bond donors (Lipinski definition) is 1. The Balaban J connectivity index is 2.05. The van der Waals surface area contributed by atoms with Gasteiger partial charge in [0, 0.05) is 24.0 Å². The van der Waals surface area contributed by atoms with Gasteiger partial charge in [-0.1, -0.05) is 6.07 Å². The summed E-state index contributed by atoms with van der Waals surface area (Å²) >= 11 is 0. The maximum absolute atomic E-state index is 13.7. The quantitative estimate of drug-likeness (QED) is 0.784. The molecule has 1 N–H and O–H groups in total. The fourth-order valence-electron chi connectivity index (χ4n) is 3.18. The summed E-state index contributed by atoms with van der Waals surface area (Å²) in [4.78, 5) is 12.1. The van der Waals surface area contributed by atoms with E-state index >= 15 is 0 Å². The first-order valence-electron chi connectivity index (χ1n) is 7.53. The molecule has 0 aliphatic carbocycles. The molecule has 1 aromatic heterocycles. The van der Waals surface area contributed by atoms with Gasteiger partial charge in [-0.3, -0.25) is 4.79 Å². The van der Waals surface area contributed by atoms with Gasteiger partial charge in [-0.2, -0.15) is 0 Å². The van der Waals surface area contributed by atoms with Gasteiger partial charge < -0.3 is 14.6 Å². The van der Waals surface area contributed by atoms with E-state index in [1.165, 1.54) is 6.07 Å². The zero-order valence-corrected chi connectivity index (χ0v) is 12.9. The summed E-state index contributed by atoms with van der Waals surface area (Å²) in [6.45, 7) is 1.15. The molecular formula is C18H14F2N2O2. The van der Waals surface area contributed by atoms with Gasteiger partial charge in [-0.25, -0.2) is 8.78 Å². The van der Waals surface area contributed by atoms with Crippen LogP contribution in [-0.4, -0.2) is 24.1 Å². The number of methoxy groups -OCH3 is 1. The van der Waals surface area contributed by atoms with E-state index in [0.717, 1.165) is 23.0 Å². The molecule has 3 aromatic rings. The molecule has 4 rings (SSSR count). The van der Waals surface area contributed by atoms with Crippen LogP contribution < -0.4 is 10.1 Å². The minimum Gasteiger partial charge on any atom is -0.497 e. The Hall–Kier alpha value is -2.89. The minimum absolute atomic E-state index is 0.146. The number of carbonyl (C=O) groups is 1. The lowest BCUT2D eigenvalue weighted by Gasteiger charge is -2.18. The van der Waals surface area contributed by atoms with Crippen LogP contribution in [0, 0.1) is 11.6 Å². The van der Waals surface area contributed by atoms with Crippen molar-refractivity contribution in [3.8, 4) is 16.9 Å². The molecule has 0 radical (unpaired) electrons. The summed E-state index contributed by atoms with van der Waals surface area (Å²) in [5, 5.41) is 3.62. The molecule has 1 amide bonds. The lowest BCUT2D eigenvalue weighted by atomic mass is 10.0. The summed E-state index contributed by atoms with van der Waals surface area (Å²) in [6, 6.07) is 9.17. The highest BCUT2D eigenvalue weighted by molar-refractivity contribution is 6.04. The van der Waals surface area contributed by atoms with Gasteiger partial charge >= 0.3 is 0 Å². The Bertz CT molecular complexity index is 979. The van der Waals surface area contributed by atoms with Crippen LogP contribution in [0.5, 0.6) is 5.75 Å². The Morgan fingerprint density at radius 1 is 1.12 bits per heavy atom. The second-order valence-electron chi connectivity index (χ2n) is 5.68. The van der Waals surface area contributed by atoms with Crippen LogP contribution in [0.25, 0.3) is 22.0 Å². The normalized spacial score (nSPS) is 13.7. The molecule has 1 aliphatic heterocycles. The molecule has 122 valence electrons. The first-order valence-corrected chi connectivity index (χ1v) is 7.53. The van der Waals surface area contributed by atoms with Gasteiger partial charge in [0.2, 0.25) is 0 Å². The van der Waals surface area contributed by atoms with Crippen LogP contribution in [-0.2, 0) is 6.54 Å². The van der Waals surface area contributed by atoms with Gasteiger partial charge in [-0.05, 0) is 35.9 Å². The Morgan fingerprint density at radius 2 is 1.96 bits per heavy atom. The van der Waals surface area contributed by atoms with Crippen LogP contribution >= 0.6 is 0 Å². The first kappa shape index (κ1) is 14.7. The second-order valence-corrected chi connectivity index (χ2v) is 5.68. The van der Waals surface area contributed by atoms with Gasteiger partial charge in [0.1, 0.15) is 11.4 Å². The number of aromatic nitrogens is 1. The molecular weight excluding hydrogens is 314 g/mol. The van der Waals surface area contributed by atoms with E-state index in [9.17, 15) is 13.6 Å². The molecule has 6 heteroatoms. The van der Waals surface area contributed by atoms with Crippen molar-refractivity contribution in [2.45, 2.75) is 6.54 Å². The Morgan fingerprint density at radius 3 is 2.71 bits per heavy atom. The van der Waals surface area contributed by atoms with Crippen LogP contribution in [0.4, 0.5) is 8.78 Å². The SMILES string of the molecule is COc1cc(-c2ccc(F)c(F)c2)c2c(c1)cc1n2CCNC1=O. The molecule has 24 heavy (non-hydrogen) atoms. The number of ether oxygens (including phenoxy) is 1. The van der Waals surface area contributed by atoms with Gasteiger partial charge in [0.25, 0.3) is 5.91 Å². The summed E-state index contributed by atoms with van der Waals surface area (Å²) in [7, 11) is 1.54. The van der Waals surface area contributed by atoms with Crippen molar-refractivity contribution in [3.63, 3.8) is 0 Å². The molecule has 0 saturated carbocycles. The van der Waals surface area contributed by atoms with Crippen LogP contribution in [0.3, 0.4) is 0 Å². The first-order chi connectivity index (χ1) is 11.6. The predicted molar refractivity (Wildman–Crippen MR) is 86.2 cm³/mol. The molecule has 0 fully saturated rings. The van der Waals surface area contributed by atoms with Crippen molar-refractivity contribution in [1.29, 1.82) is 0 Å². The fourth-order valence-corrected chi connectivity index (χ4v) is 3.18. The standard InChI is InChI=1S/C18H14F2N2O2/c1-24-12-6-11-8-16-18(23)21-4-5-22(16)17(11)13(9-12)10-2-3-14(19)15(20)7-10/h2-3,6-9H,4-5H2,1H3,(H,21,23). The van der Waals surface area contributed by atoms with Crippen molar-refractivity contribution in [2.24, 2.45) is 0 Å². The van der Waals surface area contributed by atoms with E-state index < -0.39 is 11.6 Å². The Labute approximate surface area is 136 Å². The van der Waals surface area contributed by atoms with Crippen molar-refractivity contribution in [2.75, 3.05) is 13.7 Å². The van der Waals surface area contributed by atoms with E-state index in [1.54, 1.807) is 19.2 Å². The van der Waals surface area contributed by atoms with Crippen molar-refractivity contribution < 1.29 is 18.3 Å². The topological polar surface area (TPSA) is 43.3 Å². The molecule has 0 saturated heterocycles. The summed E-state index contributed by atoms with van der Waals surface area (Å²) in [5.74, 6) is -1.36. The third-order valence-electron chi connectivity index (χ3n) is 4.29. The highest BCUT2D eigenvalue weighted by Crippen LogP contribution is 2.36. The van der Waals surface area contributed by atoms with E-state index in [-0.39, 0.29) is 5.91 Å². The van der Waals surface area contributed by atoms with Gasteiger partial charge in [0.15, 0.2) is 11.6 Å². The molecule has 0 unspecified atom stereocenters. The smallest absolute Gasteiger partial charge is 0.268 e. The van der Waals surface area contributed by atoms with Crippen LogP contribution in [0.15, 0.2) is 36.4 Å². The molecule has 2 aromatic carbocycles. The number of fused-ring (bicyclic) bond motifs is 3. The number of hydrogen-bond acceptors (Lipinski definition) is 2. The molecule has 0 bridgehead atoms. The molecule has 4 nitrogen and oxygen atoms in total. The summed E-state index contributed by atoms with van der Waals surface area (Å²) < 4.78 is 34.2. The number of nitrogens with zero attached hydrogens (tertiary/aromatic N) is 1. The van der Waals surface area contributed by atoms with E-state index in [0.29, 0.717) is 35.7 Å². The predicted octanol–water partition coefficient (Wildman–Crippen LogP) is 3.34. The number of amides is 1. The zero-order valence-electron chi connectivity index (χ0n) is 12.9. The monoisotopic (exact) mass is 328 g/mol. The lowest BCUT2D eigenvalue weighted by Crippen LogP contribution is -2.34. The maximum Gasteiger partial charge on any atom is 0.268 e. The Kier molecular flexibility index (Phi) is 3.26. The molecule has 2 heterocycles. The van der Waals surface area contributed by atoms with E-state index in [4.69, 9.17) is 4.74 Å². The van der Waals surface area contributed by atoms with E-state index in [2.05, 4.69) is 5.32 Å². The number of halogens is 2. The second kappa shape index (κ2) is 5.33. The average Bonchev–Trinajstić information content (AvgIpc) is 2.96. The molecule has 1 aliphatic rings. The third kappa shape index (κ3) is 2.14. The maximum atomic E-state index is 13.7. The number of nitrogens with one attached hydrogen (secondary N) is 1. The fraction of sp³-hybridized carbons (Fsp3) is 0.167. The van der Waals surface area contributed by atoms with E-state index in [1.807, 2.05) is 10.6 Å². The average molecular weight is 328 g/mol. The highest BCUT2D eigenvalue weighted by atomic mass is 19.2. The molecule has 0 spiro atoms. The van der Waals surface area contributed by atoms with Gasteiger partial charge in [-0.15, -0.1) is 0 Å². The highest BCUT2D eigenvalue weighted by Gasteiger charge is 2.22. The van der Waals surface area contributed by atoms with Crippen LogP contribution in [0.2, 0.25) is 0 Å². The van der Waals surface area contributed by atoms with Crippen molar-refractivity contribution >= 4 is 16.8 Å². The number of benzene rings is 2. The number of rotatable bonds is 2. The summed E-state index contributed by atoms with van der Waals surface area (Å²) in [6.07, 6.45) is 0. The van der Waals surface area contributed by atoms with Crippen molar-refractivity contribution in [3.05, 3.63) is 53.7 Å².